The normalized spacial score (nSPS) is 20.7. The van der Waals surface area contributed by atoms with E-state index in [0.717, 1.165) is 19.6 Å². The standard InChI is InChI=1S/C20H22N2O/c23-20-19(15-22(20)18-11-12-18)21(13-16-7-3-1-4-8-16)14-17-9-5-2-6-10-17/h1-10,18-19H,11-15H2/t19-/m1/s1. The summed E-state index contributed by atoms with van der Waals surface area (Å²) in [6.45, 7) is 2.54. The number of hydrogen-bond acceptors (Lipinski definition) is 2. The number of carbonyl (C=O) groups is 1. The molecule has 1 saturated carbocycles. The quantitative estimate of drug-likeness (QED) is 0.766. The molecule has 0 N–H and O–H groups in total. The summed E-state index contributed by atoms with van der Waals surface area (Å²) >= 11 is 0. The molecule has 0 aromatic heterocycles. The van der Waals surface area contributed by atoms with Crippen LogP contribution in [0.1, 0.15) is 24.0 Å². The Hall–Kier alpha value is -2.13. The molecule has 1 aliphatic heterocycles. The second kappa shape index (κ2) is 6.17. The highest BCUT2D eigenvalue weighted by Crippen LogP contribution is 2.33. The minimum absolute atomic E-state index is 0.0380. The fourth-order valence-corrected chi connectivity index (χ4v) is 3.33. The number of hydrogen-bond donors (Lipinski definition) is 0. The third kappa shape index (κ3) is 3.15. The number of carbonyl (C=O) groups excluding carboxylic acids is 1. The molecule has 1 saturated heterocycles. The van der Waals surface area contributed by atoms with Gasteiger partial charge in [0.1, 0.15) is 6.04 Å². The summed E-state index contributed by atoms with van der Waals surface area (Å²) in [6.07, 6.45) is 2.38. The maximum atomic E-state index is 12.5. The van der Waals surface area contributed by atoms with Crippen LogP contribution in [0.2, 0.25) is 0 Å². The van der Waals surface area contributed by atoms with Crippen LogP contribution < -0.4 is 0 Å². The maximum absolute atomic E-state index is 12.5. The van der Waals surface area contributed by atoms with Crippen LogP contribution in [0.15, 0.2) is 60.7 Å². The second-order valence-electron chi connectivity index (χ2n) is 6.61. The van der Waals surface area contributed by atoms with E-state index in [1.54, 1.807) is 0 Å². The van der Waals surface area contributed by atoms with Crippen LogP contribution in [-0.2, 0) is 17.9 Å². The van der Waals surface area contributed by atoms with Crippen LogP contribution in [0.25, 0.3) is 0 Å². The third-order valence-electron chi connectivity index (χ3n) is 4.82. The van der Waals surface area contributed by atoms with Crippen molar-refractivity contribution < 1.29 is 4.79 Å². The van der Waals surface area contributed by atoms with Gasteiger partial charge in [0.05, 0.1) is 0 Å². The molecular weight excluding hydrogens is 284 g/mol. The number of amides is 1. The highest BCUT2D eigenvalue weighted by Gasteiger charge is 2.47. The van der Waals surface area contributed by atoms with Gasteiger partial charge in [0.25, 0.3) is 0 Å². The summed E-state index contributed by atoms with van der Waals surface area (Å²) in [6, 6.07) is 21.5. The molecule has 1 atom stereocenters. The Morgan fingerprint density at radius 2 is 1.39 bits per heavy atom. The molecule has 0 unspecified atom stereocenters. The average molecular weight is 306 g/mol. The minimum atomic E-state index is 0.0380. The average Bonchev–Trinajstić information content (AvgIpc) is 3.40. The first-order valence-electron chi connectivity index (χ1n) is 8.43. The number of rotatable bonds is 6. The summed E-state index contributed by atoms with van der Waals surface area (Å²) < 4.78 is 0. The van der Waals surface area contributed by atoms with Crippen molar-refractivity contribution >= 4 is 5.91 Å². The lowest BCUT2D eigenvalue weighted by Crippen LogP contribution is -2.64. The van der Waals surface area contributed by atoms with E-state index in [4.69, 9.17) is 0 Å². The van der Waals surface area contributed by atoms with Crippen LogP contribution >= 0.6 is 0 Å². The predicted octanol–water partition coefficient (Wildman–Crippen LogP) is 3.06. The molecule has 118 valence electrons. The van der Waals surface area contributed by atoms with Crippen molar-refractivity contribution in [2.24, 2.45) is 0 Å². The second-order valence-corrected chi connectivity index (χ2v) is 6.61. The lowest BCUT2D eigenvalue weighted by molar-refractivity contribution is -0.152. The molecule has 1 amide bonds. The van der Waals surface area contributed by atoms with E-state index < -0.39 is 0 Å². The fraction of sp³-hybridized carbons (Fsp3) is 0.350. The summed E-state index contributed by atoms with van der Waals surface area (Å²) in [5.74, 6) is 0.319. The summed E-state index contributed by atoms with van der Waals surface area (Å²) in [4.78, 5) is 16.9. The van der Waals surface area contributed by atoms with E-state index in [1.807, 2.05) is 12.1 Å². The molecule has 2 aromatic carbocycles. The van der Waals surface area contributed by atoms with E-state index in [9.17, 15) is 4.79 Å². The van der Waals surface area contributed by atoms with Gasteiger partial charge in [-0.3, -0.25) is 9.69 Å². The van der Waals surface area contributed by atoms with Gasteiger partial charge in [0.2, 0.25) is 5.91 Å². The number of benzene rings is 2. The Labute approximate surface area is 137 Å². The van der Waals surface area contributed by atoms with Gasteiger partial charge in [-0.2, -0.15) is 0 Å². The van der Waals surface area contributed by atoms with Crippen LogP contribution in [0.3, 0.4) is 0 Å². The summed E-state index contributed by atoms with van der Waals surface area (Å²) in [7, 11) is 0. The van der Waals surface area contributed by atoms with E-state index in [1.165, 1.54) is 24.0 Å². The topological polar surface area (TPSA) is 23.6 Å². The van der Waals surface area contributed by atoms with Crippen LogP contribution in [0.4, 0.5) is 0 Å². The van der Waals surface area contributed by atoms with E-state index in [-0.39, 0.29) is 6.04 Å². The van der Waals surface area contributed by atoms with Gasteiger partial charge in [0.15, 0.2) is 0 Å². The molecule has 3 heteroatoms. The van der Waals surface area contributed by atoms with Crippen LogP contribution in [0.5, 0.6) is 0 Å². The van der Waals surface area contributed by atoms with Gasteiger partial charge in [-0.1, -0.05) is 60.7 Å². The van der Waals surface area contributed by atoms with Gasteiger partial charge >= 0.3 is 0 Å². The highest BCUT2D eigenvalue weighted by atomic mass is 16.2. The minimum Gasteiger partial charge on any atom is -0.336 e. The van der Waals surface area contributed by atoms with E-state index in [0.29, 0.717) is 11.9 Å². The molecule has 0 radical (unpaired) electrons. The molecule has 0 bridgehead atoms. The van der Waals surface area contributed by atoms with Gasteiger partial charge < -0.3 is 4.90 Å². The van der Waals surface area contributed by atoms with Crippen molar-refractivity contribution in [1.29, 1.82) is 0 Å². The van der Waals surface area contributed by atoms with Crippen molar-refractivity contribution in [3.63, 3.8) is 0 Å². The zero-order valence-electron chi connectivity index (χ0n) is 13.3. The summed E-state index contributed by atoms with van der Waals surface area (Å²) in [5, 5.41) is 0. The number of nitrogens with zero attached hydrogens (tertiary/aromatic N) is 2. The van der Waals surface area contributed by atoms with Crippen LogP contribution in [-0.4, -0.2) is 34.3 Å². The first-order chi connectivity index (χ1) is 11.3. The lowest BCUT2D eigenvalue weighted by atomic mass is 10.0. The zero-order chi connectivity index (χ0) is 15.6. The largest absolute Gasteiger partial charge is 0.336 e. The monoisotopic (exact) mass is 306 g/mol. The Kier molecular flexibility index (Phi) is 3.88. The Morgan fingerprint density at radius 3 is 1.83 bits per heavy atom. The molecular formula is C20H22N2O. The van der Waals surface area contributed by atoms with Crippen molar-refractivity contribution in [3.8, 4) is 0 Å². The molecule has 2 aromatic rings. The zero-order valence-corrected chi connectivity index (χ0v) is 13.3. The highest BCUT2D eigenvalue weighted by molar-refractivity contribution is 5.88. The maximum Gasteiger partial charge on any atom is 0.242 e. The summed E-state index contributed by atoms with van der Waals surface area (Å²) in [5.41, 5.74) is 2.53. The SMILES string of the molecule is O=C1[C@H](N(Cc2ccccc2)Cc2ccccc2)CN1C1CC1. The molecule has 4 rings (SSSR count). The van der Waals surface area contributed by atoms with Crippen molar-refractivity contribution in [2.75, 3.05) is 6.54 Å². The third-order valence-corrected chi connectivity index (χ3v) is 4.82. The van der Waals surface area contributed by atoms with Crippen molar-refractivity contribution in [2.45, 2.75) is 38.0 Å². The molecule has 2 aliphatic rings. The fourth-order valence-electron chi connectivity index (χ4n) is 3.33. The number of β-lactam (4-membered cyclic amide) rings is 1. The number of likely N-dealkylation sites (tertiary alicyclic amines) is 1. The Morgan fingerprint density at radius 1 is 0.870 bits per heavy atom. The van der Waals surface area contributed by atoms with E-state index >= 15 is 0 Å². The van der Waals surface area contributed by atoms with Gasteiger partial charge in [0, 0.05) is 25.7 Å². The molecule has 23 heavy (non-hydrogen) atoms. The molecule has 1 heterocycles. The van der Waals surface area contributed by atoms with Gasteiger partial charge in [-0.25, -0.2) is 0 Å². The van der Waals surface area contributed by atoms with Gasteiger partial charge in [-0.15, -0.1) is 0 Å². The van der Waals surface area contributed by atoms with Gasteiger partial charge in [-0.05, 0) is 24.0 Å². The molecule has 0 spiro atoms. The van der Waals surface area contributed by atoms with Crippen LogP contribution in [0, 0.1) is 0 Å². The molecule has 2 fully saturated rings. The Balaban J connectivity index is 1.50. The van der Waals surface area contributed by atoms with Crippen molar-refractivity contribution in [3.05, 3.63) is 71.8 Å². The lowest BCUT2D eigenvalue weighted by Gasteiger charge is -2.44. The first kappa shape index (κ1) is 14.5. The van der Waals surface area contributed by atoms with Crippen molar-refractivity contribution in [1.82, 2.24) is 9.80 Å². The molecule has 1 aliphatic carbocycles. The Bertz CT molecular complexity index is 625. The smallest absolute Gasteiger partial charge is 0.242 e. The predicted molar refractivity (Wildman–Crippen MR) is 90.7 cm³/mol. The molecule has 3 nitrogen and oxygen atoms in total. The van der Waals surface area contributed by atoms with E-state index in [2.05, 4.69) is 58.3 Å². The first-order valence-corrected chi connectivity index (χ1v) is 8.43.